The second kappa shape index (κ2) is 4.77. The molecule has 0 saturated heterocycles. The molecule has 3 nitrogen and oxygen atoms in total. The molecule has 4 heteroatoms. The molecular formula is C9H13FN2O. The van der Waals surface area contributed by atoms with Crippen LogP contribution < -0.4 is 5.32 Å². The molecule has 0 fully saturated rings. The van der Waals surface area contributed by atoms with Gasteiger partial charge in [0.1, 0.15) is 11.6 Å². The first-order valence-corrected chi connectivity index (χ1v) is 4.18. The van der Waals surface area contributed by atoms with Gasteiger partial charge in [0.25, 0.3) is 0 Å². The van der Waals surface area contributed by atoms with Gasteiger partial charge in [-0.25, -0.2) is 9.37 Å². The zero-order chi connectivity index (χ0) is 9.68. The maximum Gasteiger partial charge on any atom is 0.141 e. The lowest BCUT2D eigenvalue weighted by Crippen LogP contribution is -2.15. The van der Waals surface area contributed by atoms with Crippen LogP contribution in [0.25, 0.3) is 0 Å². The molecule has 1 atom stereocenters. The van der Waals surface area contributed by atoms with Gasteiger partial charge in [0.2, 0.25) is 0 Å². The smallest absolute Gasteiger partial charge is 0.141 e. The van der Waals surface area contributed by atoms with Crippen molar-refractivity contribution in [3.05, 3.63) is 24.1 Å². The Labute approximate surface area is 76.6 Å². The Hall–Kier alpha value is -1.16. The molecule has 0 amide bonds. The second-order valence-electron chi connectivity index (χ2n) is 3.03. The highest BCUT2D eigenvalue weighted by Crippen LogP contribution is 2.04. The zero-order valence-corrected chi connectivity index (χ0v) is 7.50. The highest BCUT2D eigenvalue weighted by Gasteiger charge is 1.99. The number of aliphatic hydroxyl groups excluding tert-OH is 1. The summed E-state index contributed by atoms with van der Waals surface area (Å²) in [6, 6.07) is 2.92. The van der Waals surface area contributed by atoms with E-state index >= 15 is 0 Å². The van der Waals surface area contributed by atoms with Crippen LogP contribution in [-0.4, -0.2) is 23.2 Å². The van der Waals surface area contributed by atoms with Crippen LogP contribution in [0.3, 0.4) is 0 Å². The number of anilines is 1. The van der Waals surface area contributed by atoms with E-state index in [0.29, 0.717) is 12.4 Å². The molecule has 0 aliphatic carbocycles. The molecule has 1 aromatic rings. The molecule has 1 aromatic heterocycles. The van der Waals surface area contributed by atoms with Gasteiger partial charge in [-0.3, -0.25) is 0 Å². The van der Waals surface area contributed by atoms with E-state index in [-0.39, 0.29) is 18.3 Å². The fourth-order valence-corrected chi connectivity index (χ4v) is 0.824. The molecular weight excluding hydrogens is 171 g/mol. The number of halogens is 1. The van der Waals surface area contributed by atoms with Crippen LogP contribution in [0, 0.1) is 11.7 Å². The van der Waals surface area contributed by atoms with Gasteiger partial charge >= 0.3 is 0 Å². The Morgan fingerprint density at radius 1 is 1.62 bits per heavy atom. The van der Waals surface area contributed by atoms with Gasteiger partial charge in [0.05, 0.1) is 6.20 Å². The standard InChI is InChI=1S/C9H13FN2O/c1-7(6-13)4-11-9-3-2-8(10)5-12-9/h2-3,5,7,13H,4,6H2,1H3,(H,11,12). The summed E-state index contributed by atoms with van der Waals surface area (Å²) >= 11 is 0. The Kier molecular flexibility index (Phi) is 3.64. The number of aliphatic hydroxyl groups is 1. The van der Waals surface area contributed by atoms with Crippen molar-refractivity contribution in [1.82, 2.24) is 4.98 Å². The number of aromatic nitrogens is 1. The highest BCUT2D eigenvalue weighted by molar-refractivity contribution is 5.33. The van der Waals surface area contributed by atoms with E-state index in [4.69, 9.17) is 5.11 Å². The van der Waals surface area contributed by atoms with Gasteiger partial charge in [0, 0.05) is 13.2 Å². The van der Waals surface area contributed by atoms with Gasteiger partial charge in [-0.05, 0) is 18.1 Å². The summed E-state index contributed by atoms with van der Waals surface area (Å²) < 4.78 is 12.4. The first-order chi connectivity index (χ1) is 6.22. The number of hydrogen-bond acceptors (Lipinski definition) is 3. The highest BCUT2D eigenvalue weighted by atomic mass is 19.1. The summed E-state index contributed by atoms with van der Waals surface area (Å²) in [5, 5.41) is 11.7. The molecule has 0 aromatic carbocycles. The van der Waals surface area contributed by atoms with Crippen LogP contribution in [0.2, 0.25) is 0 Å². The van der Waals surface area contributed by atoms with E-state index in [2.05, 4.69) is 10.3 Å². The van der Waals surface area contributed by atoms with Crippen molar-refractivity contribution < 1.29 is 9.50 Å². The van der Waals surface area contributed by atoms with E-state index in [1.54, 1.807) is 6.07 Å². The van der Waals surface area contributed by atoms with Crippen molar-refractivity contribution in [2.24, 2.45) is 5.92 Å². The Morgan fingerprint density at radius 3 is 2.92 bits per heavy atom. The van der Waals surface area contributed by atoms with Crippen molar-refractivity contribution in [3.8, 4) is 0 Å². The number of hydrogen-bond donors (Lipinski definition) is 2. The average Bonchev–Trinajstić information content (AvgIpc) is 2.16. The van der Waals surface area contributed by atoms with E-state index in [1.165, 1.54) is 6.07 Å². The maximum absolute atomic E-state index is 12.4. The lowest BCUT2D eigenvalue weighted by Gasteiger charge is -2.09. The van der Waals surface area contributed by atoms with Crippen molar-refractivity contribution >= 4 is 5.82 Å². The average molecular weight is 184 g/mol. The molecule has 0 saturated carbocycles. The van der Waals surface area contributed by atoms with Crippen LogP contribution in [-0.2, 0) is 0 Å². The molecule has 13 heavy (non-hydrogen) atoms. The van der Waals surface area contributed by atoms with E-state index < -0.39 is 0 Å². The molecule has 0 radical (unpaired) electrons. The van der Waals surface area contributed by atoms with E-state index in [1.807, 2.05) is 6.92 Å². The minimum atomic E-state index is -0.347. The molecule has 0 aliphatic rings. The summed E-state index contributed by atoms with van der Waals surface area (Å²) in [5.41, 5.74) is 0. The Balaban J connectivity index is 2.41. The van der Waals surface area contributed by atoms with Crippen molar-refractivity contribution in [1.29, 1.82) is 0 Å². The van der Waals surface area contributed by atoms with Crippen LogP contribution in [0.1, 0.15) is 6.92 Å². The maximum atomic E-state index is 12.4. The van der Waals surface area contributed by atoms with Gasteiger partial charge in [-0.15, -0.1) is 0 Å². The molecule has 1 heterocycles. The molecule has 72 valence electrons. The van der Waals surface area contributed by atoms with Gasteiger partial charge < -0.3 is 10.4 Å². The number of pyridine rings is 1. The minimum Gasteiger partial charge on any atom is -0.396 e. The quantitative estimate of drug-likeness (QED) is 0.740. The Morgan fingerprint density at radius 2 is 2.38 bits per heavy atom. The largest absolute Gasteiger partial charge is 0.396 e. The fraction of sp³-hybridized carbons (Fsp3) is 0.444. The molecule has 2 N–H and O–H groups in total. The lowest BCUT2D eigenvalue weighted by atomic mass is 10.2. The van der Waals surface area contributed by atoms with Gasteiger partial charge in [0.15, 0.2) is 0 Å². The lowest BCUT2D eigenvalue weighted by molar-refractivity contribution is 0.244. The molecule has 0 bridgehead atoms. The van der Waals surface area contributed by atoms with Crippen molar-refractivity contribution in [3.63, 3.8) is 0 Å². The van der Waals surface area contributed by atoms with Gasteiger partial charge in [-0.2, -0.15) is 0 Å². The number of nitrogens with zero attached hydrogens (tertiary/aromatic N) is 1. The summed E-state index contributed by atoms with van der Waals surface area (Å²) in [5.74, 6) is 0.453. The normalized spacial score (nSPS) is 12.5. The van der Waals surface area contributed by atoms with Crippen molar-refractivity contribution in [2.45, 2.75) is 6.92 Å². The number of rotatable bonds is 4. The Bertz CT molecular complexity index is 250. The first-order valence-electron chi connectivity index (χ1n) is 4.18. The fourth-order valence-electron chi connectivity index (χ4n) is 0.824. The van der Waals surface area contributed by atoms with Crippen LogP contribution in [0.15, 0.2) is 18.3 Å². The topological polar surface area (TPSA) is 45.1 Å². The van der Waals surface area contributed by atoms with Crippen LogP contribution in [0.4, 0.5) is 10.2 Å². The summed E-state index contributed by atoms with van der Waals surface area (Å²) in [7, 11) is 0. The molecule has 0 aliphatic heterocycles. The van der Waals surface area contributed by atoms with Crippen molar-refractivity contribution in [2.75, 3.05) is 18.5 Å². The molecule has 0 spiro atoms. The molecule has 1 rings (SSSR count). The van der Waals surface area contributed by atoms with Gasteiger partial charge in [-0.1, -0.05) is 6.92 Å². The zero-order valence-electron chi connectivity index (χ0n) is 7.50. The van der Waals surface area contributed by atoms with Crippen LogP contribution >= 0.6 is 0 Å². The third-order valence-corrected chi connectivity index (χ3v) is 1.67. The molecule has 1 unspecified atom stereocenters. The predicted octanol–water partition coefficient (Wildman–Crippen LogP) is 1.26. The predicted molar refractivity (Wildman–Crippen MR) is 48.9 cm³/mol. The summed E-state index contributed by atoms with van der Waals surface area (Å²) in [6.45, 7) is 2.68. The van der Waals surface area contributed by atoms with E-state index in [0.717, 1.165) is 6.20 Å². The van der Waals surface area contributed by atoms with Crippen LogP contribution in [0.5, 0.6) is 0 Å². The summed E-state index contributed by atoms with van der Waals surface area (Å²) in [4.78, 5) is 3.82. The third-order valence-electron chi connectivity index (χ3n) is 1.67. The number of nitrogens with one attached hydrogen (secondary N) is 1. The first kappa shape index (κ1) is 9.92. The monoisotopic (exact) mass is 184 g/mol. The SMILES string of the molecule is CC(CO)CNc1ccc(F)cn1. The third kappa shape index (κ3) is 3.38. The van der Waals surface area contributed by atoms with E-state index in [9.17, 15) is 4.39 Å². The minimum absolute atomic E-state index is 0.133. The summed E-state index contributed by atoms with van der Waals surface area (Å²) in [6.07, 6.45) is 1.16. The second-order valence-corrected chi connectivity index (χ2v) is 3.03.